The van der Waals surface area contributed by atoms with Crippen LogP contribution in [-0.4, -0.2) is 9.13 Å². The maximum atomic E-state index is 2.51. The summed E-state index contributed by atoms with van der Waals surface area (Å²) in [6.07, 6.45) is 0. The van der Waals surface area contributed by atoms with Crippen LogP contribution in [0.25, 0.3) is 76.9 Å². The Hall–Kier alpha value is -5.60. The third kappa shape index (κ3) is 3.24. The summed E-state index contributed by atoms with van der Waals surface area (Å²) in [6, 6.07) is 53.9. The van der Waals surface area contributed by atoms with Gasteiger partial charge in [0, 0.05) is 38.3 Å². The molecule has 7 aromatic carbocycles. The van der Waals surface area contributed by atoms with Gasteiger partial charge in [0.05, 0.1) is 22.1 Å². The summed E-state index contributed by atoms with van der Waals surface area (Å²) in [6.45, 7) is 4.70. The molecule has 0 bridgehead atoms. The standard InChI is InChI=1S/C43H30N2/c1-43(2)37-18-10-8-16-31(37)35-26-30(20-23-38(35)43)45-39-19-11-9-17-32(39)33-21-22-34-36-24-27-12-6-7-13-28(27)25-40(36)44(42(34)41(33)45)29-14-4-3-5-15-29/h3-26H,1-2H3. The molecular formula is C43H30N2. The first-order chi connectivity index (χ1) is 22.1. The van der Waals surface area contributed by atoms with Gasteiger partial charge in [-0.3, -0.25) is 0 Å². The van der Waals surface area contributed by atoms with Gasteiger partial charge in [0.1, 0.15) is 0 Å². The molecule has 1 aliphatic carbocycles. The van der Waals surface area contributed by atoms with Crippen molar-refractivity contribution in [1.82, 2.24) is 9.13 Å². The molecule has 0 atom stereocenters. The minimum Gasteiger partial charge on any atom is -0.307 e. The average molecular weight is 575 g/mol. The Morgan fingerprint density at radius 1 is 0.400 bits per heavy atom. The molecule has 1 aliphatic rings. The molecule has 2 heteroatoms. The van der Waals surface area contributed by atoms with E-state index in [0.717, 1.165) is 0 Å². The van der Waals surface area contributed by atoms with E-state index in [1.807, 2.05) is 0 Å². The van der Waals surface area contributed by atoms with E-state index in [-0.39, 0.29) is 5.41 Å². The molecule has 0 spiro atoms. The molecule has 0 saturated carbocycles. The van der Waals surface area contributed by atoms with Crippen LogP contribution in [0.15, 0.2) is 146 Å². The Kier molecular flexibility index (Phi) is 4.82. The Balaban J connectivity index is 1.40. The summed E-state index contributed by atoms with van der Waals surface area (Å²) in [5, 5.41) is 7.59. The van der Waals surface area contributed by atoms with Crippen LogP contribution < -0.4 is 0 Å². The van der Waals surface area contributed by atoms with Crippen molar-refractivity contribution in [2.75, 3.05) is 0 Å². The van der Waals surface area contributed by atoms with Crippen molar-refractivity contribution in [2.24, 2.45) is 0 Å². The highest BCUT2D eigenvalue weighted by Crippen LogP contribution is 2.50. The highest BCUT2D eigenvalue weighted by atomic mass is 15.0. The van der Waals surface area contributed by atoms with Gasteiger partial charge in [0.2, 0.25) is 0 Å². The second-order valence-corrected chi connectivity index (χ2v) is 13.0. The van der Waals surface area contributed by atoms with Crippen LogP contribution in [0.4, 0.5) is 0 Å². The lowest BCUT2D eigenvalue weighted by molar-refractivity contribution is 0.660. The highest BCUT2D eigenvalue weighted by molar-refractivity contribution is 6.25. The summed E-state index contributed by atoms with van der Waals surface area (Å²) in [7, 11) is 0. The smallest absolute Gasteiger partial charge is 0.0788 e. The molecule has 2 aromatic heterocycles. The molecule has 0 radical (unpaired) electrons. The summed E-state index contributed by atoms with van der Waals surface area (Å²) >= 11 is 0. The van der Waals surface area contributed by atoms with E-state index in [1.54, 1.807) is 0 Å². The monoisotopic (exact) mass is 574 g/mol. The normalized spacial score (nSPS) is 13.7. The third-order valence-electron chi connectivity index (χ3n) is 10.3. The molecule has 0 saturated heterocycles. The summed E-state index contributed by atoms with van der Waals surface area (Å²) < 4.78 is 5.00. The first-order valence-electron chi connectivity index (χ1n) is 15.8. The zero-order valence-electron chi connectivity index (χ0n) is 25.3. The average Bonchev–Trinajstić information content (AvgIpc) is 3.67. The SMILES string of the molecule is CC1(C)c2ccccc2-c2cc(-n3c4ccccc4c4ccc5c6cc7ccccc7cc6n(-c6ccccc6)c5c43)ccc21. The zero-order chi connectivity index (χ0) is 29.9. The number of fused-ring (bicyclic) bond motifs is 11. The lowest BCUT2D eigenvalue weighted by Crippen LogP contribution is -2.14. The van der Waals surface area contributed by atoms with Gasteiger partial charge in [0.25, 0.3) is 0 Å². The van der Waals surface area contributed by atoms with E-state index >= 15 is 0 Å². The molecule has 0 fully saturated rings. The quantitative estimate of drug-likeness (QED) is 0.194. The Morgan fingerprint density at radius 3 is 1.84 bits per heavy atom. The number of rotatable bonds is 2. The molecule has 2 heterocycles. The van der Waals surface area contributed by atoms with Gasteiger partial charge in [-0.1, -0.05) is 117 Å². The number of hydrogen-bond donors (Lipinski definition) is 0. The maximum absolute atomic E-state index is 2.51. The highest BCUT2D eigenvalue weighted by Gasteiger charge is 2.35. The second kappa shape index (κ2) is 8.74. The molecule has 212 valence electrons. The minimum absolute atomic E-state index is 0.0275. The molecule has 0 unspecified atom stereocenters. The fraction of sp³-hybridized carbons (Fsp3) is 0.0698. The number of nitrogens with zero attached hydrogens (tertiary/aromatic N) is 2. The van der Waals surface area contributed by atoms with Gasteiger partial charge in [-0.25, -0.2) is 0 Å². The summed E-state index contributed by atoms with van der Waals surface area (Å²) in [4.78, 5) is 0. The van der Waals surface area contributed by atoms with Gasteiger partial charge in [0.15, 0.2) is 0 Å². The summed E-state index contributed by atoms with van der Waals surface area (Å²) in [5.41, 5.74) is 12.7. The first kappa shape index (κ1) is 24.8. The van der Waals surface area contributed by atoms with Crippen molar-refractivity contribution in [3.8, 4) is 22.5 Å². The second-order valence-electron chi connectivity index (χ2n) is 13.0. The molecular weight excluding hydrogens is 544 g/mol. The van der Waals surface area contributed by atoms with Gasteiger partial charge in [-0.05, 0) is 75.5 Å². The van der Waals surface area contributed by atoms with Crippen LogP contribution in [-0.2, 0) is 5.41 Å². The van der Waals surface area contributed by atoms with Crippen molar-refractivity contribution in [3.63, 3.8) is 0 Å². The maximum Gasteiger partial charge on any atom is 0.0788 e. The van der Waals surface area contributed by atoms with Crippen molar-refractivity contribution in [2.45, 2.75) is 19.3 Å². The predicted octanol–water partition coefficient (Wildman–Crippen LogP) is 11.3. The van der Waals surface area contributed by atoms with Gasteiger partial charge < -0.3 is 9.13 Å². The fourth-order valence-electron chi connectivity index (χ4n) is 8.19. The van der Waals surface area contributed by atoms with E-state index in [1.165, 1.54) is 88.0 Å². The van der Waals surface area contributed by atoms with Crippen molar-refractivity contribution in [1.29, 1.82) is 0 Å². The molecule has 0 N–H and O–H groups in total. The molecule has 2 nitrogen and oxygen atoms in total. The molecule has 0 amide bonds. The lowest BCUT2D eigenvalue weighted by atomic mass is 9.82. The van der Waals surface area contributed by atoms with Crippen molar-refractivity contribution in [3.05, 3.63) is 157 Å². The lowest BCUT2D eigenvalue weighted by Gasteiger charge is -2.21. The van der Waals surface area contributed by atoms with E-state index < -0.39 is 0 Å². The van der Waals surface area contributed by atoms with Crippen LogP contribution in [0.1, 0.15) is 25.0 Å². The predicted molar refractivity (Wildman–Crippen MR) is 190 cm³/mol. The summed E-state index contributed by atoms with van der Waals surface area (Å²) in [5.74, 6) is 0. The van der Waals surface area contributed by atoms with Gasteiger partial charge in [-0.2, -0.15) is 0 Å². The van der Waals surface area contributed by atoms with Gasteiger partial charge >= 0.3 is 0 Å². The van der Waals surface area contributed by atoms with Crippen LogP contribution in [0.3, 0.4) is 0 Å². The number of hydrogen-bond acceptors (Lipinski definition) is 0. The van der Waals surface area contributed by atoms with Gasteiger partial charge in [-0.15, -0.1) is 0 Å². The largest absolute Gasteiger partial charge is 0.307 e. The Bertz CT molecular complexity index is 2670. The molecule has 10 rings (SSSR count). The van der Waals surface area contributed by atoms with Crippen LogP contribution >= 0.6 is 0 Å². The topological polar surface area (TPSA) is 9.86 Å². The van der Waals surface area contributed by atoms with E-state index in [4.69, 9.17) is 0 Å². The van der Waals surface area contributed by atoms with E-state index in [2.05, 4.69) is 169 Å². The molecule has 9 aromatic rings. The van der Waals surface area contributed by atoms with Crippen LogP contribution in [0.2, 0.25) is 0 Å². The first-order valence-corrected chi connectivity index (χ1v) is 15.8. The minimum atomic E-state index is -0.0275. The Morgan fingerprint density at radius 2 is 1.02 bits per heavy atom. The van der Waals surface area contributed by atoms with E-state index in [9.17, 15) is 0 Å². The third-order valence-corrected chi connectivity index (χ3v) is 10.3. The van der Waals surface area contributed by atoms with E-state index in [0.29, 0.717) is 0 Å². The van der Waals surface area contributed by atoms with Crippen LogP contribution in [0, 0.1) is 0 Å². The Labute approximate surface area is 261 Å². The fourth-order valence-corrected chi connectivity index (χ4v) is 8.19. The van der Waals surface area contributed by atoms with Crippen molar-refractivity contribution < 1.29 is 0 Å². The molecule has 45 heavy (non-hydrogen) atoms. The molecule has 0 aliphatic heterocycles. The zero-order valence-corrected chi connectivity index (χ0v) is 25.3. The number of benzene rings is 7. The number of aromatic nitrogens is 2. The van der Waals surface area contributed by atoms with Crippen LogP contribution in [0.5, 0.6) is 0 Å². The van der Waals surface area contributed by atoms with Crippen molar-refractivity contribution >= 4 is 54.4 Å². The number of para-hydroxylation sites is 2.